The molecule has 0 spiro atoms. The Balaban J connectivity index is 2.20. The monoisotopic (exact) mass is 354 g/mol. The smallest absolute Gasteiger partial charge is 0.350 e. The van der Waals surface area contributed by atoms with Crippen LogP contribution in [0.1, 0.15) is 35.5 Å². The highest BCUT2D eigenvalue weighted by Crippen LogP contribution is 2.30. The number of nitrogens with one attached hydrogen (secondary N) is 2. The van der Waals surface area contributed by atoms with Crippen molar-refractivity contribution in [2.24, 2.45) is 0 Å². The summed E-state index contributed by atoms with van der Waals surface area (Å²) < 4.78 is 39.9. The summed E-state index contributed by atoms with van der Waals surface area (Å²) in [5.41, 5.74) is 0.312. The van der Waals surface area contributed by atoms with Gasteiger partial charge in [0.1, 0.15) is 0 Å². The van der Waals surface area contributed by atoms with Gasteiger partial charge in [0, 0.05) is 12.6 Å². The van der Waals surface area contributed by atoms with Crippen molar-refractivity contribution in [1.29, 1.82) is 0 Å². The Labute approximate surface area is 144 Å². The normalized spacial score (nSPS) is 12.9. The van der Waals surface area contributed by atoms with Crippen LogP contribution in [0.25, 0.3) is 5.69 Å². The predicted octanol–water partition coefficient (Wildman–Crippen LogP) is 2.93. The Morgan fingerprint density at radius 3 is 2.72 bits per heavy atom. The van der Waals surface area contributed by atoms with E-state index in [1.165, 1.54) is 23.0 Å². The summed E-state index contributed by atoms with van der Waals surface area (Å²) in [6.07, 6.45) is -3.07. The quantitative estimate of drug-likeness (QED) is 0.839. The molecule has 0 aliphatic carbocycles. The summed E-state index contributed by atoms with van der Waals surface area (Å²) >= 11 is 0. The minimum absolute atomic E-state index is 0.118. The summed E-state index contributed by atoms with van der Waals surface area (Å²) in [6.45, 7) is 6.81. The van der Waals surface area contributed by atoms with E-state index in [1.807, 2.05) is 13.8 Å². The molecule has 8 heteroatoms. The zero-order valence-electron chi connectivity index (χ0n) is 14.3. The molecule has 2 N–H and O–H groups in total. The molecule has 1 atom stereocenters. The summed E-state index contributed by atoms with van der Waals surface area (Å²) in [7, 11) is 0. The van der Waals surface area contributed by atoms with Gasteiger partial charge >= 0.3 is 6.18 Å². The van der Waals surface area contributed by atoms with E-state index in [0.29, 0.717) is 17.8 Å². The lowest BCUT2D eigenvalue weighted by molar-refractivity contribution is -0.137. The molecular formula is C17H21F3N4O. The molecule has 0 bridgehead atoms. The van der Waals surface area contributed by atoms with Crippen molar-refractivity contribution >= 4 is 5.91 Å². The van der Waals surface area contributed by atoms with E-state index < -0.39 is 11.7 Å². The van der Waals surface area contributed by atoms with E-state index in [0.717, 1.165) is 18.7 Å². The fourth-order valence-corrected chi connectivity index (χ4v) is 2.47. The van der Waals surface area contributed by atoms with Gasteiger partial charge in [0.25, 0.3) is 5.91 Å². The maximum Gasteiger partial charge on any atom is 0.416 e. The third-order valence-electron chi connectivity index (χ3n) is 3.79. The second kappa shape index (κ2) is 7.69. The second-order valence-electron chi connectivity index (χ2n) is 5.77. The van der Waals surface area contributed by atoms with Crippen LogP contribution in [0.4, 0.5) is 13.2 Å². The van der Waals surface area contributed by atoms with Gasteiger partial charge in [-0.1, -0.05) is 13.0 Å². The molecule has 0 saturated heterocycles. The minimum atomic E-state index is -4.43. The number of carbonyl (C=O) groups is 1. The number of alkyl halides is 3. The molecule has 2 rings (SSSR count). The van der Waals surface area contributed by atoms with Gasteiger partial charge in [0.15, 0.2) is 0 Å². The minimum Gasteiger partial charge on any atom is -0.350 e. The number of aromatic nitrogens is 2. The van der Waals surface area contributed by atoms with Crippen molar-refractivity contribution in [2.75, 3.05) is 13.1 Å². The van der Waals surface area contributed by atoms with Crippen LogP contribution in [0.2, 0.25) is 0 Å². The first-order valence-electron chi connectivity index (χ1n) is 7.98. The zero-order valence-corrected chi connectivity index (χ0v) is 14.3. The fourth-order valence-electron chi connectivity index (χ4n) is 2.47. The Morgan fingerprint density at radius 1 is 1.36 bits per heavy atom. The van der Waals surface area contributed by atoms with Gasteiger partial charge in [-0.2, -0.15) is 18.3 Å². The molecule has 0 aliphatic heterocycles. The maximum absolute atomic E-state index is 12.9. The summed E-state index contributed by atoms with van der Waals surface area (Å²) in [5, 5.41) is 10.0. The molecule has 25 heavy (non-hydrogen) atoms. The predicted molar refractivity (Wildman–Crippen MR) is 88.8 cm³/mol. The summed E-state index contributed by atoms with van der Waals surface area (Å²) in [6, 6.07) is 4.96. The van der Waals surface area contributed by atoms with Crippen LogP contribution in [0.5, 0.6) is 0 Å². The van der Waals surface area contributed by atoms with Gasteiger partial charge in [0.2, 0.25) is 0 Å². The van der Waals surface area contributed by atoms with Crippen molar-refractivity contribution in [1.82, 2.24) is 20.4 Å². The van der Waals surface area contributed by atoms with E-state index in [9.17, 15) is 18.0 Å². The number of amides is 1. The SMILES string of the molecule is CCN[C@H](C)CNC(=O)c1cnn(-c2cccc(C(F)(F)F)c2)c1C. The van der Waals surface area contributed by atoms with Crippen LogP contribution < -0.4 is 10.6 Å². The maximum atomic E-state index is 12.9. The highest BCUT2D eigenvalue weighted by Gasteiger charge is 2.30. The van der Waals surface area contributed by atoms with Crippen LogP contribution in [0, 0.1) is 6.92 Å². The zero-order chi connectivity index (χ0) is 18.6. The third-order valence-corrected chi connectivity index (χ3v) is 3.79. The topological polar surface area (TPSA) is 58.9 Å². The number of halogens is 3. The molecule has 0 saturated carbocycles. The van der Waals surface area contributed by atoms with E-state index in [-0.39, 0.29) is 17.6 Å². The Hall–Kier alpha value is -2.35. The van der Waals surface area contributed by atoms with E-state index >= 15 is 0 Å². The third kappa shape index (κ3) is 4.60. The van der Waals surface area contributed by atoms with Crippen molar-refractivity contribution in [3.63, 3.8) is 0 Å². The van der Waals surface area contributed by atoms with Crippen LogP contribution in [-0.4, -0.2) is 34.8 Å². The number of likely N-dealkylation sites (N-methyl/N-ethyl adjacent to an activating group) is 1. The van der Waals surface area contributed by atoms with Crippen LogP contribution in [-0.2, 0) is 6.18 Å². The lowest BCUT2D eigenvalue weighted by Crippen LogP contribution is -2.38. The van der Waals surface area contributed by atoms with Crippen LogP contribution in [0.3, 0.4) is 0 Å². The lowest BCUT2D eigenvalue weighted by atomic mass is 10.2. The number of carbonyl (C=O) groups excluding carboxylic acids is 1. The largest absolute Gasteiger partial charge is 0.416 e. The summed E-state index contributed by atoms with van der Waals surface area (Å²) in [4.78, 5) is 12.3. The van der Waals surface area contributed by atoms with Gasteiger partial charge in [-0.05, 0) is 38.6 Å². The standard InChI is InChI=1S/C17H21F3N4O/c1-4-21-11(2)9-22-16(25)15-10-23-24(12(15)3)14-7-5-6-13(8-14)17(18,19)20/h5-8,10-11,21H,4,9H2,1-3H3,(H,22,25)/t11-/m1/s1. The van der Waals surface area contributed by atoms with Crippen molar-refractivity contribution in [3.8, 4) is 5.69 Å². The molecule has 0 radical (unpaired) electrons. The van der Waals surface area contributed by atoms with Gasteiger partial charge < -0.3 is 10.6 Å². The molecule has 5 nitrogen and oxygen atoms in total. The molecule has 1 heterocycles. The van der Waals surface area contributed by atoms with Gasteiger partial charge in [-0.25, -0.2) is 4.68 Å². The van der Waals surface area contributed by atoms with Crippen LogP contribution in [0.15, 0.2) is 30.5 Å². The first kappa shape index (κ1) is 19.0. The first-order valence-corrected chi connectivity index (χ1v) is 7.98. The summed E-state index contributed by atoms with van der Waals surface area (Å²) in [5.74, 6) is -0.305. The van der Waals surface area contributed by atoms with E-state index in [1.54, 1.807) is 6.92 Å². The highest BCUT2D eigenvalue weighted by atomic mass is 19.4. The average Bonchev–Trinajstić information content (AvgIpc) is 2.94. The molecule has 0 fully saturated rings. The molecule has 1 aromatic heterocycles. The lowest BCUT2D eigenvalue weighted by Gasteiger charge is -2.13. The first-order chi connectivity index (χ1) is 11.7. The van der Waals surface area contributed by atoms with Crippen molar-refractivity contribution < 1.29 is 18.0 Å². The average molecular weight is 354 g/mol. The molecule has 0 aliphatic rings. The highest BCUT2D eigenvalue weighted by molar-refractivity contribution is 5.95. The fraction of sp³-hybridized carbons (Fsp3) is 0.412. The second-order valence-corrected chi connectivity index (χ2v) is 5.77. The number of benzene rings is 1. The van der Waals surface area contributed by atoms with E-state index in [4.69, 9.17) is 0 Å². The van der Waals surface area contributed by atoms with Gasteiger partial charge in [-0.15, -0.1) is 0 Å². The molecule has 136 valence electrons. The number of rotatable bonds is 6. The number of nitrogens with zero attached hydrogens (tertiary/aromatic N) is 2. The van der Waals surface area contributed by atoms with Crippen molar-refractivity contribution in [2.45, 2.75) is 33.0 Å². The number of hydrogen-bond acceptors (Lipinski definition) is 3. The molecular weight excluding hydrogens is 333 g/mol. The Bertz CT molecular complexity index is 740. The van der Waals surface area contributed by atoms with Crippen molar-refractivity contribution in [3.05, 3.63) is 47.3 Å². The van der Waals surface area contributed by atoms with Gasteiger partial charge in [0.05, 0.1) is 28.7 Å². The number of hydrogen-bond donors (Lipinski definition) is 2. The molecule has 1 amide bonds. The Morgan fingerprint density at radius 2 is 2.08 bits per heavy atom. The Kier molecular flexibility index (Phi) is 5.84. The van der Waals surface area contributed by atoms with Gasteiger partial charge in [-0.3, -0.25) is 4.79 Å². The molecule has 0 unspecified atom stereocenters. The van der Waals surface area contributed by atoms with E-state index in [2.05, 4.69) is 15.7 Å². The van der Waals surface area contributed by atoms with Crippen LogP contribution >= 0.6 is 0 Å². The molecule has 1 aromatic carbocycles. The molecule has 2 aromatic rings.